The molecule has 5 rings (SSSR count). The highest BCUT2D eigenvalue weighted by Crippen LogP contribution is 2.46. The van der Waals surface area contributed by atoms with Crippen molar-refractivity contribution in [1.29, 1.82) is 0 Å². The number of phenols is 4. The first-order valence-electron chi connectivity index (χ1n) is 12.6. The van der Waals surface area contributed by atoms with Gasteiger partial charge in [-0.2, -0.15) is 0 Å². The number of aliphatic hydroxyl groups is 7. The van der Waals surface area contributed by atoms with Crippen LogP contribution in [0, 0.1) is 0 Å². The van der Waals surface area contributed by atoms with Crippen LogP contribution in [0.2, 0.25) is 0 Å². The SMILES string of the molecule is OC[C@H]1O[C@@H](OC2=Cc3c(O)cc(O)cc3[OH+]C2c2ccc(O)c(O)c2)[C@H](O[C@H]2OC[C@H](O)[C@@H](O)[C@@H]2O)[C@@H](O)[C@H]1O. The standard InChI is InChI=1S/C26H30O15/c27-7-18-20(34)21(35)24(41-25-22(36)19(33)15(32)8-37-25)26(40-18)39-17-6-11-13(30)4-10(28)5-16(11)38-23(17)9-1-2-12(29)14(31)3-9/h1-6,15,18-36H,7-8H2/p+1/t15-,18+,19+,20-,21-,22-,23?,24+,25+,26+/m0/s1. The molecule has 2 aromatic carbocycles. The topological polar surface area (TPSA) is 252 Å². The van der Waals surface area contributed by atoms with Gasteiger partial charge in [0, 0.05) is 12.1 Å². The molecule has 0 radical (unpaired) electrons. The smallest absolute Gasteiger partial charge is 0.270 e. The summed E-state index contributed by atoms with van der Waals surface area (Å²) in [6, 6.07) is 6.19. The van der Waals surface area contributed by atoms with Crippen molar-refractivity contribution in [2.45, 2.75) is 61.4 Å². The molecule has 41 heavy (non-hydrogen) atoms. The van der Waals surface area contributed by atoms with Crippen molar-refractivity contribution < 1.29 is 74.7 Å². The van der Waals surface area contributed by atoms with E-state index >= 15 is 0 Å². The summed E-state index contributed by atoms with van der Waals surface area (Å²) in [6.07, 6.45) is -14.2. The van der Waals surface area contributed by atoms with Crippen LogP contribution in [-0.2, 0) is 18.9 Å². The van der Waals surface area contributed by atoms with Gasteiger partial charge in [0.1, 0.15) is 53.7 Å². The van der Waals surface area contributed by atoms with Gasteiger partial charge < -0.3 is 74.7 Å². The maximum Gasteiger partial charge on any atom is 0.270 e. The third-order valence-corrected chi connectivity index (χ3v) is 7.08. The molecule has 15 heteroatoms. The minimum Gasteiger partial charge on any atom is -0.571 e. The average molecular weight is 584 g/mol. The van der Waals surface area contributed by atoms with E-state index in [1.807, 2.05) is 0 Å². The number of aromatic hydroxyl groups is 5. The highest BCUT2D eigenvalue weighted by Gasteiger charge is 2.51. The summed E-state index contributed by atoms with van der Waals surface area (Å²) in [4.78, 5) is 0. The lowest BCUT2D eigenvalue weighted by Crippen LogP contribution is -2.63. The molecule has 3 aliphatic heterocycles. The Morgan fingerprint density at radius 3 is 2.29 bits per heavy atom. The lowest BCUT2D eigenvalue weighted by Gasteiger charge is -2.45. The number of hydrogen-bond acceptors (Lipinski definition) is 14. The van der Waals surface area contributed by atoms with E-state index in [9.17, 15) is 51.1 Å². The molecule has 0 saturated carbocycles. The summed E-state index contributed by atoms with van der Waals surface area (Å²) in [5.41, 5.74) is 0.420. The fourth-order valence-corrected chi connectivity index (χ4v) is 4.82. The zero-order valence-corrected chi connectivity index (χ0v) is 21.2. The maximum atomic E-state index is 10.9. The first-order chi connectivity index (χ1) is 19.5. The molecule has 0 amide bonds. The summed E-state index contributed by atoms with van der Waals surface area (Å²) in [5.74, 6) is -1.41. The zero-order chi connectivity index (χ0) is 29.6. The lowest BCUT2D eigenvalue weighted by atomic mass is 9.98. The van der Waals surface area contributed by atoms with E-state index in [-0.39, 0.29) is 34.1 Å². The first-order valence-corrected chi connectivity index (χ1v) is 12.6. The Morgan fingerprint density at radius 1 is 0.829 bits per heavy atom. The van der Waals surface area contributed by atoms with Crippen LogP contribution in [0.1, 0.15) is 17.2 Å². The number of fused-ring (bicyclic) bond motifs is 1. The minimum absolute atomic E-state index is 0.0528. The zero-order valence-electron chi connectivity index (χ0n) is 21.2. The molecular formula is C26H31O15+. The Bertz CT molecular complexity index is 1280. The van der Waals surface area contributed by atoms with E-state index in [1.54, 1.807) is 0 Å². The van der Waals surface area contributed by atoms with Gasteiger partial charge in [-0.15, -0.1) is 0 Å². The molecule has 2 fully saturated rings. The van der Waals surface area contributed by atoms with Crippen LogP contribution in [0.15, 0.2) is 36.1 Å². The summed E-state index contributed by atoms with van der Waals surface area (Å²) in [6.45, 7) is -1.15. The van der Waals surface area contributed by atoms with Crippen LogP contribution in [-0.4, -0.2) is 124 Å². The molecule has 10 atom stereocenters. The largest absolute Gasteiger partial charge is 0.571 e. The van der Waals surface area contributed by atoms with Gasteiger partial charge in [0.2, 0.25) is 6.29 Å². The number of ether oxygens (including phenoxy) is 5. The van der Waals surface area contributed by atoms with Gasteiger partial charge in [0.15, 0.2) is 29.7 Å². The van der Waals surface area contributed by atoms with Crippen molar-refractivity contribution in [2.24, 2.45) is 0 Å². The fraction of sp³-hybridized carbons (Fsp3) is 0.462. The highest BCUT2D eigenvalue weighted by molar-refractivity contribution is 5.69. The summed E-state index contributed by atoms with van der Waals surface area (Å²) < 4.78 is 27.2. The van der Waals surface area contributed by atoms with E-state index in [1.165, 1.54) is 30.3 Å². The van der Waals surface area contributed by atoms with Crippen LogP contribution in [0.5, 0.6) is 28.7 Å². The number of benzene rings is 2. The molecule has 0 aromatic heterocycles. The average Bonchev–Trinajstić information content (AvgIpc) is 2.94. The number of aliphatic hydroxyl groups excluding tert-OH is 6. The van der Waals surface area contributed by atoms with Gasteiger partial charge in [-0.1, -0.05) is 0 Å². The second kappa shape index (κ2) is 11.5. The van der Waals surface area contributed by atoms with Crippen molar-refractivity contribution in [1.82, 2.24) is 0 Å². The molecule has 1 unspecified atom stereocenters. The number of hydrogen-bond donors (Lipinski definition) is 10. The van der Waals surface area contributed by atoms with Crippen molar-refractivity contribution in [3.05, 3.63) is 47.2 Å². The molecule has 11 N–H and O–H groups in total. The van der Waals surface area contributed by atoms with Gasteiger partial charge in [-0.05, 0) is 18.2 Å². The third-order valence-electron chi connectivity index (χ3n) is 7.08. The summed E-state index contributed by atoms with van der Waals surface area (Å²) in [5, 5.41) is 102. The molecule has 15 nitrogen and oxygen atoms in total. The molecule has 3 aliphatic rings. The van der Waals surface area contributed by atoms with Crippen molar-refractivity contribution in [3.8, 4) is 28.7 Å². The van der Waals surface area contributed by atoms with E-state index in [0.29, 0.717) is 0 Å². The molecule has 2 aromatic rings. The van der Waals surface area contributed by atoms with Crippen molar-refractivity contribution in [2.75, 3.05) is 13.2 Å². The van der Waals surface area contributed by atoms with Gasteiger partial charge in [-0.3, -0.25) is 0 Å². The lowest BCUT2D eigenvalue weighted by molar-refractivity contribution is -0.353. The Hall–Kier alpha value is -3.38. The first kappa shape index (κ1) is 29.1. The monoisotopic (exact) mass is 583 g/mol. The summed E-state index contributed by atoms with van der Waals surface area (Å²) in [7, 11) is 0. The Labute approximate surface area is 231 Å². The van der Waals surface area contributed by atoms with Crippen LogP contribution >= 0.6 is 0 Å². The van der Waals surface area contributed by atoms with E-state index in [0.717, 1.165) is 6.07 Å². The normalized spacial score (nSPS) is 35.2. The molecule has 2 saturated heterocycles. The van der Waals surface area contributed by atoms with E-state index < -0.39 is 86.1 Å². The Balaban J connectivity index is 1.51. The van der Waals surface area contributed by atoms with Gasteiger partial charge in [-0.25, -0.2) is 0 Å². The minimum atomic E-state index is -1.78. The van der Waals surface area contributed by atoms with Gasteiger partial charge in [0.25, 0.3) is 11.9 Å². The predicted octanol–water partition coefficient (Wildman–Crippen LogP) is -1.87. The number of phenolic OH excluding ortho intramolecular Hbond substituents is 4. The van der Waals surface area contributed by atoms with E-state index in [2.05, 4.69) is 4.74 Å². The second-order valence-electron chi connectivity index (χ2n) is 9.90. The molecule has 0 spiro atoms. The van der Waals surface area contributed by atoms with Gasteiger partial charge in [0.05, 0.1) is 24.8 Å². The van der Waals surface area contributed by atoms with Gasteiger partial charge >= 0.3 is 0 Å². The Morgan fingerprint density at radius 2 is 1.59 bits per heavy atom. The molecular weight excluding hydrogens is 552 g/mol. The van der Waals surface area contributed by atoms with E-state index in [4.69, 9.17) is 18.9 Å². The fourth-order valence-electron chi connectivity index (χ4n) is 4.82. The van der Waals surface area contributed by atoms with Crippen molar-refractivity contribution in [3.63, 3.8) is 0 Å². The van der Waals surface area contributed by atoms with Crippen LogP contribution < -0.4 is 0 Å². The van der Waals surface area contributed by atoms with Crippen LogP contribution in [0.3, 0.4) is 0 Å². The Kier molecular flexibility index (Phi) is 8.15. The molecule has 3 heterocycles. The molecule has 224 valence electrons. The highest BCUT2D eigenvalue weighted by atomic mass is 16.8. The number of rotatable bonds is 6. The van der Waals surface area contributed by atoms with Crippen LogP contribution in [0.25, 0.3) is 6.08 Å². The predicted molar refractivity (Wildman–Crippen MR) is 133 cm³/mol. The molecule has 0 bridgehead atoms. The quantitative estimate of drug-likeness (QED) is 0.132. The van der Waals surface area contributed by atoms with Crippen molar-refractivity contribution >= 4 is 6.08 Å². The second-order valence-corrected chi connectivity index (χ2v) is 9.90. The third kappa shape index (κ3) is 5.59. The molecule has 0 aliphatic carbocycles. The maximum absolute atomic E-state index is 10.9. The summed E-state index contributed by atoms with van der Waals surface area (Å²) >= 11 is 0. The van der Waals surface area contributed by atoms with Crippen LogP contribution in [0.4, 0.5) is 0 Å².